The predicted octanol–water partition coefficient (Wildman–Crippen LogP) is 3.26. The molecule has 1 aromatic rings. The van der Waals surface area contributed by atoms with Crippen molar-refractivity contribution < 1.29 is 4.74 Å². The summed E-state index contributed by atoms with van der Waals surface area (Å²) >= 11 is 6.05. The van der Waals surface area contributed by atoms with Gasteiger partial charge in [0, 0.05) is 11.3 Å². The minimum atomic E-state index is -0.0739. The van der Waals surface area contributed by atoms with E-state index in [0.717, 1.165) is 23.3 Å². The SMILES string of the molecule is Cc1cc(Cl)c2c(c1)CC(CN=[N+]=[N-])O2. The first-order valence-electron chi connectivity index (χ1n) is 4.67. The first-order chi connectivity index (χ1) is 7.20. The Hall–Kier alpha value is -1.38. The van der Waals surface area contributed by atoms with Crippen molar-refractivity contribution in [3.63, 3.8) is 0 Å². The van der Waals surface area contributed by atoms with Gasteiger partial charge in [-0.25, -0.2) is 0 Å². The summed E-state index contributed by atoms with van der Waals surface area (Å²) in [5.41, 5.74) is 10.4. The van der Waals surface area contributed by atoms with E-state index in [1.54, 1.807) is 0 Å². The molecular weight excluding hydrogens is 214 g/mol. The van der Waals surface area contributed by atoms with E-state index in [-0.39, 0.29) is 6.10 Å². The lowest BCUT2D eigenvalue weighted by molar-refractivity contribution is 0.241. The minimum absolute atomic E-state index is 0.0739. The van der Waals surface area contributed by atoms with Gasteiger partial charge in [-0.2, -0.15) is 0 Å². The van der Waals surface area contributed by atoms with Crippen molar-refractivity contribution in [1.29, 1.82) is 0 Å². The molecular formula is C10H10ClN3O. The van der Waals surface area contributed by atoms with Gasteiger partial charge in [0.2, 0.25) is 0 Å². The lowest BCUT2D eigenvalue weighted by atomic mass is 10.1. The zero-order chi connectivity index (χ0) is 10.8. The number of aryl methyl sites for hydroxylation is 1. The summed E-state index contributed by atoms with van der Waals surface area (Å²) in [5, 5.41) is 4.13. The quantitative estimate of drug-likeness (QED) is 0.431. The van der Waals surface area contributed by atoms with Crippen LogP contribution in [0.3, 0.4) is 0 Å². The molecule has 1 aliphatic heterocycles. The fourth-order valence-corrected chi connectivity index (χ4v) is 2.11. The van der Waals surface area contributed by atoms with E-state index in [0.29, 0.717) is 11.6 Å². The summed E-state index contributed by atoms with van der Waals surface area (Å²) in [6.07, 6.45) is 0.686. The number of rotatable bonds is 2. The molecule has 0 saturated heterocycles. The van der Waals surface area contributed by atoms with Crippen LogP contribution >= 0.6 is 11.6 Å². The van der Waals surface area contributed by atoms with Crippen molar-refractivity contribution >= 4 is 11.6 Å². The second-order valence-corrected chi connectivity index (χ2v) is 4.00. The van der Waals surface area contributed by atoms with Gasteiger partial charge in [-0.05, 0) is 29.6 Å². The number of hydrogen-bond donors (Lipinski definition) is 0. The number of hydrogen-bond acceptors (Lipinski definition) is 2. The Morgan fingerprint density at radius 1 is 1.67 bits per heavy atom. The van der Waals surface area contributed by atoms with Crippen molar-refractivity contribution in [1.82, 2.24) is 0 Å². The summed E-state index contributed by atoms with van der Waals surface area (Å²) in [4.78, 5) is 2.71. The van der Waals surface area contributed by atoms with Crippen LogP contribution in [0, 0.1) is 6.92 Å². The van der Waals surface area contributed by atoms with E-state index < -0.39 is 0 Å². The highest BCUT2D eigenvalue weighted by atomic mass is 35.5. The van der Waals surface area contributed by atoms with Gasteiger partial charge < -0.3 is 4.74 Å². The molecule has 78 valence electrons. The first kappa shape index (κ1) is 10.1. The number of benzene rings is 1. The molecule has 5 heteroatoms. The number of halogens is 1. The van der Waals surface area contributed by atoms with Crippen molar-refractivity contribution in [2.75, 3.05) is 6.54 Å². The fourth-order valence-electron chi connectivity index (χ4n) is 1.77. The summed E-state index contributed by atoms with van der Waals surface area (Å²) in [7, 11) is 0. The molecule has 0 saturated carbocycles. The molecule has 0 amide bonds. The van der Waals surface area contributed by atoms with Gasteiger partial charge in [-0.3, -0.25) is 0 Å². The Morgan fingerprint density at radius 3 is 3.20 bits per heavy atom. The number of nitrogens with zero attached hydrogens (tertiary/aromatic N) is 3. The van der Waals surface area contributed by atoms with E-state index in [2.05, 4.69) is 16.1 Å². The maximum absolute atomic E-state index is 8.22. The largest absolute Gasteiger partial charge is 0.488 e. The molecule has 1 aliphatic rings. The lowest BCUT2D eigenvalue weighted by Crippen LogP contribution is -2.16. The fraction of sp³-hybridized carbons (Fsp3) is 0.400. The van der Waals surface area contributed by atoms with Crippen LogP contribution in [0.25, 0.3) is 10.4 Å². The normalized spacial score (nSPS) is 17.9. The maximum Gasteiger partial charge on any atom is 0.141 e. The second kappa shape index (κ2) is 4.01. The third kappa shape index (κ3) is 2.01. The van der Waals surface area contributed by atoms with Crippen LogP contribution in [0.4, 0.5) is 0 Å². The average molecular weight is 224 g/mol. The minimum Gasteiger partial charge on any atom is -0.488 e. The van der Waals surface area contributed by atoms with Gasteiger partial charge in [0.25, 0.3) is 0 Å². The molecule has 0 aromatic heterocycles. The summed E-state index contributed by atoms with van der Waals surface area (Å²) < 4.78 is 5.60. The number of ether oxygens (including phenoxy) is 1. The molecule has 2 rings (SSSR count). The van der Waals surface area contributed by atoms with E-state index in [1.165, 1.54) is 0 Å². The molecule has 0 N–H and O–H groups in total. The summed E-state index contributed by atoms with van der Waals surface area (Å²) in [6, 6.07) is 3.92. The van der Waals surface area contributed by atoms with E-state index >= 15 is 0 Å². The van der Waals surface area contributed by atoms with E-state index in [9.17, 15) is 0 Å². The Labute approximate surface area is 92.4 Å². The lowest BCUT2D eigenvalue weighted by Gasteiger charge is -2.07. The van der Waals surface area contributed by atoms with Gasteiger partial charge in [-0.1, -0.05) is 22.8 Å². The second-order valence-electron chi connectivity index (χ2n) is 3.59. The Morgan fingerprint density at radius 2 is 2.47 bits per heavy atom. The third-order valence-corrected chi connectivity index (χ3v) is 2.63. The topological polar surface area (TPSA) is 58.0 Å². The standard InChI is InChI=1S/C10H10ClN3O/c1-6-2-7-4-8(5-13-14-12)15-10(7)9(11)3-6/h2-3,8H,4-5H2,1H3. The molecule has 1 atom stereocenters. The van der Waals surface area contributed by atoms with Crippen molar-refractivity contribution in [3.8, 4) is 5.75 Å². The molecule has 0 spiro atoms. The Kier molecular flexibility index (Phi) is 2.71. The van der Waals surface area contributed by atoms with Crippen LogP contribution in [0.5, 0.6) is 5.75 Å². The van der Waals surface area contributed by atoms with Gasteiger partial charge in [0.1, 0.15) is 11.9 Å². The molecule has 4 nitrogen and oxygen atoms in total. The maximum atomic E-state index is 8.22. The molecule has 15 heavy (non-hydrogen) atoms. The highest BCUT2D eigenvalue weighted by Crippen LogP contribution is 2.36. The zero-order valence-electron chi connectivity index (χ0n) is 8.27. The predicted molar refractivity (Wildman–Crippen MR) is 58.3 cm³/mol. The molecule has 1 heterocycles. The molecule has 0 radical (unpaired) electrons. The van der Waals surface area contributed by atoms with Crippen LogP contribution in [0.15, 0.2) is 17.2 Å². The van der Waals surface area contributed by atoms with Crippen LogP contribution in [-0.2, 0) is 6.42 Å². The Balaban J connectivity index is 2.23. The summed E-state index contributed by atoms with van der Waals surface area (Å²) in [6.45, 7) is 2.34. The van der Waals surface area contributed by atoms with E-state index in [1.807, 2.05) is 13.0 Å². The summed E-state index contributed by atoms with van der Waals surface area (Å²) in [5.74, 6) is 0.736. The highest BCUT2D eigenvalue weighted by molar-refractivity contribution is 6.32. The highest BCUT2D eigenvalue weighted by Gasteiger charge is 2.24. The van der Waals surface area contributed by atoms with Gasteiger partial charge in [0.15, 0.2) is 0 Å². The molecule has 0 aliphatic carbocycles. The van der Waals surface area contributed by atoms with Gasteiger partial charge in [-0.15, -0.1) is 0 Å². The average Bonchev–Trinajstić information content (AvgIpc) is 2.57. The van der Waals surface area contributed by atoms with E-state index in [4.69, 9.17) is 21.9 Å². The number of azide groups is 1. The van der Waals surface area contributed by atoms with Gasteiger partial charge in [0.05, 0.1) is 11.6 Å². The van der Waals surface area contributed by atoms with Crippen LogP contribution in [0.2, 0.25) is 5.02 Å². The molecule has 0 fully saturated rings. The smallest absolute Gasteiger partial charge is 0.141 e. The molecule has 1 aromatic carbocycles. The van der Waals surface area contributed by atoms with Crippen molar-refractivity contribution in [2.45, 2.75) is 19.4 Å². The number of fused-ring (bicyclic) bond motifs is 1. The van der Waals surface area contributed by atoms with Crippen LogP contribution in [-0.4, -0.2) is 12.6 Å². The first-order valence-corrected chi connectivity index (χ1v) is 5.05. The van der Waals surface area contributed by atoms with Crippen LogP contribution in [0.1, 0.15) is 11.1 Å². The Bertz CT molecular complexity index is 441. The van der Waals surface area contributed by atoms with Crippen LogP contribution < -0.4 is 4.74 Å². The molecule has 0 bridgehead atoms. The van der Waals surface area contributed by atoms with Crippen molar-refractivity contribution in [3.05, 3.63) is 38.7 Å². The monoisotopic (exact) mass is 223 g/mol. The zero-order valence-corrected chi connectivity index (χ0v) is 9.03. The third-order valence-electron chi connectivity index (χ3n) is 2.35. The molecule has 1 unspecified atom stereocenters. The van der Waals surface area contributed by atoms with Crippen molar-refractivity contribution in [2.24, 2.45) is 5.11 Å². The van der Waals surface area contributed by atoms with Gasteiger partial charge >= 0.3 is 0 Å².